The molecule has 0 unspecified atom stereocenters. The molecule has 0 bridgehead atoms. The highest BCUT2D eigenvalue weighted by Crippen LogP contribution is 2.20. The van der Waals surface area contributed by atoms with E-state index >= 15 is 0 Å². The minimum atomic E-state index is -3.64. The van der Waals surface area contributed by atoms with Gasteiger partial charge in [0.05, 0.1) is 18.6 Å². The van der Waals surface area contributed by atoms with E-state index in [0.29, 0.717) is 24.6 Å². The van der Waals surface area contributed by atoms with E-state index in [9.17, 15) is 13.2 Å². The molecule has 1 aliphatic heterocycles. The van der Waals surface area contributed by atoms with Gasteiger partial charge in [-0.25, -0.2) is 13.1 Å². The van der Waals surface area contributed by atoms with Crippen molar-refractivity contribution in [1.29, 1.82) is 0 Å². The summed E-state index contributed by atoms with van der Waals surface area (Å²) in [5.74, 6) is 0.578. The van der Waals surface area contributed by atoms with Gasteiger partial charge in [-0.3, -0.25) is 4.79 Å². The molecule has 0 aliphatic carbocycles. The van der Waals surface area contributed by atoms with Gasteiger partial charge < -0.3 is 14.4 Å². The quantitative estimate of drug-likeness (QED) is 0.827. The first-order valence-electron chi connectivity index (χ1n) is 8.10. The molecule has 1 heterocycles. The van der Waals surface area contributed by atoms with Gasteiger partial charge in [0, 0.05) is 18.8 Å². The molecule has 26 heavy (non-hydrogen) atoms. The van der Waals surface area contributed by atoms with E-state index in [1.165, 1.54) is 12.1 Å². The molecular formula is C18H20N2O5S. The Labute approximate surface area is 152 Å². The number of benzene rings is 2. The summed E-state index contributed by atoms with van der Waals surface area (Å²) in [5.41, 5.74) is 1.48. The van der Waals surface area contributed by atoms with Crippen LogP contribution in [0.2, 0.25) is 0 Å². The van der Waals surface area contributed by atoms with Crippen molar-refractivity contribution in [2.45, 2.75) is 11.4 Å². The third-order valence-corrected chi connectivity index (χ3v) is 5.49. The number of methoxy groups -OCH3 is 1. The minimum Gasteiger partial charge on any atom is -0.497 e. The molecule has 1 saturated heterocycles. The van der Waals surface area contributed by atoms with E-state index in [1.807, 2.05) is 0 Å². The zero-order chi connectivity index (χ0) is 18.6. The fourth-order valence-electron chi connectivity index (χ4n) is 2.60. The molecular weight excluding hydrogens is 356 g/mol. The Morgan fingerprint density at radius 2 is 1.81 bits per heavy atom. The SMILES string of the molecule is COc1ccc(CNS(=O)(=O)c2ccc(N3CCOCC3=O)cc2)cc1. The highest BCUT2D eigenvalue weighted by molar-refractivity contribution is 7.89. The molecule has 2 aromatic rings. The van der Waals surface area contributed by atoms with Crippen LogP contribution in [-0.2, 0) is 26.1 Å². The maximum absolute atomic E-state index is 12.4. The van der Waals surface area contributed by atoms with Crippen LogP contribution in [0.5, 0.6) is 5.75 Å². The van der Waals surface area contributed by atoms with Crippen molar-refractivity contribution in [1.82, 2.24) is 4.72 Å². The van der Waals surface area contributed by atoms with Gasteiger partial charge in [-0.05, 0) is 42.0 Å². The van der Waals surface area contributed by atoms with Crippen molar-refractivity contribution in [2.24, 2.45) is 0 Å². The molecule has 0 aromatic heterocycles. The molecule has 1 N–H and O–H groups in total. The van der Waals surface area contributed by atoms with Gasteiger partial charge in [-0.15, -0.1) is 0 Å². The second-order valence-corrected chi connectivity index (χ2v) is 7.53. The van der Waals surface area contributed by atoms with Crippen LogP contribution in [0, 0.1) is 0 Å². The number of carbonyl (C=O) groups is 1. The van der Waals surface area contributed by atoms with Gasteiger partial charge in [0.25, 0.3) is 5.91 Å². The number of carbonyl (C=O) groups excluding carboxylic acids is 1. The molecule has 8 heteroatoms. The summed E-state index contributed by atoms with van der Waals surface area (Å²) in [5, 5.41) is 0. The maximum Gasteiger partial charge on any atom is 0.253 e. The number of hydrogen-bond donors (Lipinski definition) is 1. The van der Waals surface area contributed by atoms with Crippen molar-refractivity contribution >= 4 is 21.6 Å². The van der Waals surface area contributed by atoms with Gasteiger partial charge in [0.2, 0.25) is 10.0 Å². The largest absolute Gasteiger partial charge is 0.497 e. The number of nitrogens with one attached hydrogen (secondary N) is 1. The Morgan fingerprint density at radius 3 is 2.42 bits per heavy atom. The van der Waals surface area contributed by atoms with Crippen LogP contribution in [-0.4, -0.2) is 41.2 Å². The first kappa shape index (κ1) is 18.4. The van der Waals surface area contributed by atoms with Crippen molar-refractivity contribution in [3.8, 4) is 5.75 Å². The van der Waals surface area contributed by atoms with Crippen molar-refractivity contribution in [3.05, 3.63) is 54.1 Å². The first-order valence-corrected chi connectivity index (χ1v) is 9.59. The van der Waals surface area contributed by atoms with Crippen LogP contribution in [0.4, 0.5) is 5.69 Å². The van der Waals surface area contributed by atoms with Gasteiger partial charge in [-0.1, -0.05) is 12.1 Å². The van der Waals surface area contributed by atoms with E-state index in [0.717, 1.165) is 5.56 Å². The number of amides is 1. The lowest BCUT2D eigenvalue weighted by Crippen LogP contribution is -2.41. The Hall–Kier alpha value is -2.42. The molecule has 0 spiro atoms. The van der Waals surface area contributed by atoms with Crippen LogP contribution in [0.1, 0.15) is 5.56 Å². The van der Waals surface area contributed by atoms with E-state index in [-0.39, 0.29) is 24.0 Å². The predicted molar refractivity (Wildman–Crippen MR) is 96.6 cm³/mol. The zero-order valence-corrected chi connectivity index (χ0v) is 15.2. The summed E-state index contributed by atoms with van der Waals surface area (Å²) in [7, 11) is -2.07. The van der Waals surface area contributed by atoms with E-state index < -0.39 is 10.0 Å². The van der Waals surface area contributed by atoms with Crippen molar-refractivity contribution in [3.63, 3.8) is 0 Å². The number of nitrogens with zero attached hydrogens (tertiary/aromatic N) is 1. The molecule has 2 aromatic carbocycles. The Kier molecular flexibility index (Phi) is 5.55. The lowest BCUT2D eigenvalue weighted by Gasteiger charge is -2.26. The number of morpholine rings is 1. The average molecular weight is 376 g/mol. The van der Waals surface area contributed by atoms with Crippen LogP contribution >= 0.6 is 0 Å². The van der Waals surface area contributed by atoms with Crippen LogP contribution in [0.15, 0.2) is 53.4 Å². The summed E-state index contributed by atoms with van der Waals surface area (Å²) < 4.78 is 37.6. The molecule has 1 fully saturated rings. The molecule has 1 amide bonds. The van der Waals surface area contributed by atoms with Crippen molar-refractivity contribution < 1.29 is 22.7 Å². The number of rotatable bonds is 6. The summed E-state index contributed by atoms with van der Waals surface area (Å²) in [6.45, 7) is 1.15. The molecule has 138 valence electrons. The number of ether oxygens (including phenoxy) is 2. The molecule has 3 rings (SSSR count). The fraction of sp³-hybridized carbons (Fsp3) is 0.278. The molecule has 0 saturated carbocycles. The van der Waals surface area contributed by atoms with Gasteiger partial charge >= 0.3 is 0 Å². The molecule has 1 aliphatic rings. The Bertz CT molecular complexity index is 863. The maximum atomic E-state index is 12.4. The summed E-state index contributed by atoms with van der Waals surface area (Å²) >= 11 is 0. The molecule has 7 nitrogen and oxygen atoms in total. The third-order valence-electron chi connectivity index (χ3n) is 4.07. The van der Waals surface area contributed by atoms with E-state index in [4.69, 9.17) is 9.47 Å². The Balaban J connectivity index is 1.67. The zero-order valence-electron chi connectivity index (χ0n) is 14.3. The van der Waals surface area contributed by atoms with Gasteiger partial charge in [0.15, 0.2) is 0 Å². The highest BCUT2D eigenvalue weighted by Gasteiger charge is 2.21. The topological polar surface area (TPSA) is 84.9 Å². The average Bonchev–Trinajstić information content (AvgIpc) is 2.67. The monoisotopic (exact) mass is 376 g/mol. The summed E-state index contributed by atoms with van der Waals surface area (Å²) in [6, 6.07) is 13.4. The third kappa shape index (κ3) is 4.21. The number of anilines is 1. The Morgan fingerprint density at radius 1 is 1.12 bits per heavy atom. The van der Waals surface area contributed by atoms with E-state index in [2.05, 4.69) is 4.72 Å². The number of sulfonamides is 1. The summed E-state index contributed by atoms with van der Waals surface area (Å²) in [6.07, 6.45) is 0. The second kappa shape index (κ2) is 7.86. The summed E-state index contributed by atoms with van der Waals surface area (Å²) in [4.78, 5) is 13.6. The molecule has 0 atom stereocenters. The van der Waals surface area contributed by atoms with Crippen LogP contribution < -0.4 is 14.4 Å². The molecule has 0 radical (unpaired) electrons. The normalized spacial score (nSPS) is 15.1. The smallest absolute Gasteiger partial charge is 0.253 e. The van der Waals surface area contributed by atoms with Crippen LogP contribution in [0.3, 0.4) is 0 Å². The minimum absolute atomic E-state index is 0.0451. The standard InChI is InChI=1S/C18H20N2O5S/c1-24-16-6-2-14(3-7-16)12-19-26(22,23)17-8-4-15(5-9-17)20-10-11-25-13-18(20)21/h2-9,19H,10-13H2,1H3. The van der Waals surface area contributed by atoms with Gasteiger partial charge in [-0.2, -0.15) is 0 Å². The number of hydrogen-bond acceptors (Lipinski definition) is 5. The lowest BCUT2D eigenvalue weighted by molar-refractivity contribution is -0.125. The van der Waals surface area contributed by atoms with Crippen molar-refractivity contribution in [2.75, 3.05) is 31.8 Å². The first-order chi connectivity index (χ1) is 12.5. The van der Waals surface area contributed by atoms with Gasteiger partial charge in [0.1, 0.15) is 12.4 Å². The fourth-order valence-corrected chi connectivity index (χ4v) is 3.62. The van der Waals surface area contributed by atoms with E-state index in [1.54, 1.807) is 48.4 Å². The second-order valence-electron chi connectivity index (χ2n) is 5.76. The van der Waals surface area contributed by atoms with Crippen LogP contribution in [0.25, 0.3) is 0 Å². The lowest BCUT2D eigenvalue weighted by atomic mass is 10.2. The highest BCUT2D eigenvalue weighted by atomic mass is 32.2. The predicted octanol–water partition coefficient (Wildman–Crippen LogP) is 1.54.